The van der Waals surface area contributed by atoms with Gasteiger partial charge in [0, 0.05) is 0 Å². The number of rotatable bonds is 4. The van der Waals surface area contributed by atoms with Crippen LogP contribution in [0, 0.1) is 5.92 Å². The Morgan fingerprint density at radius 3 is 2.60 bits per heavy atom. The van der Waals surface area contributed by atoms with Gasteiger partial charge in [-0.05, 0) is 19.3 Å². The Bertz CT molecular complexity index is 116. The van der Waals surface area contributed by atoms with Crippen LogP contribution in [0.1, 0.15) is 20.3 Å². The maximum atomic E-state index is 5.90. The molecular formula is C9H15Cl. The Hall–Kier alpha value is -0.230. The highest BCUT2D eigenvalue weighted by atomic mass is 35.5. The highest BCUT2D eigenvalue weighted by Crippen LogP contribution is 2.15. The number of allylic oxidation sites excluding steroid dienone is 3. The first-order valence-electron chi connectivity index (χ1n) is 3.60. The third-order valence-corrected chi connectivity index (χ3v) is 2.12. The third kappa shape index (κ3) is 3.73. The van der Waals surface area contributed by atoms with E-state index in [4.69, 9.17) is 11.6 Å². The molecule has 0 aromatic carbocycles. The van der Waals surface area contributed by atoms with Crippen molar-refractivity contribution in [3.8, 4) is 0 Å². The van der Waals surface area contributed by atoms with E-state index in [1.54, 1.807) is 6.08 Å². The largest absolute Gasteiger partial charge is 0.118 e. The van der Waals surface area contributed by atoms with E-state index in [2.05, 4.69) is 19.6 Å². The molecule has 2 unspecified atom stereocenters. The van der Waals surface area contributed by atoms with Crippen molar-refractivity contribution >= 4 is 11.6 Å². The van der Waals surface area contributed by atoms with Crippen molar-refractivity contribution in [2.45, 2.75) is 25.6 Å². The molecule has 0 fully saturated rings. The summed E-state index contributed by atoms with van der Waals surface area (Å²) in [7, 11) is 0. The molecule has 1 heteroatoms. The zero-order valence-corrected chi connectivity index (χ0v) is 7.43. The van der Waals surface area contributed by atoms with Crippen molar-refractivity contribution in [3.63, 3.8) is 0 Å². The lowest BCUT2D eigenvalue weighted by atomic mass is 10.0. The van der Waals surface area contributed by atoms with E-state index in [0.717, 1.165) is 6.42 Å². The monoisotopic (exact) mass is 158 g/mol. The van der Waals surface area contributed by atoms with Crippen LogP contribution in [-0.4, -0.2) is 5.38 Å². The van der Waals surface area contributed by atoms with E-state index in [9.17, 15) is 0 Å². The first kappa shape index (κ1) is 9.77. The molecule has 0 radical (unpaired) electrons. The Morgan fingerprint density at radius 2 is 2.20 bits per heavy atom. The minimum absolute atomic E-state index is 0.108. The molecule has 0 rings (SSSR count). The lowest BCUT2D eigenvalue weighted by Gasteiger charge is -2.10. The Morgan fingerprint density at radius 1 is 1.60 bits per heavy atom. The van der Waals surface area contributed by atoms with Crippen LogP contribution in [0.5, 0.6) is 0 Å². The van der Waals surface area contributed by atoms with Gasteiger partial charge in [-0.1, -0.05) is 25.2 Å². The Balaban J connectivity index is 3.60. The number of halogens is 1. The van der Waals surface area contributed by atoms with Gasteiger partial charge in [0.1, 0.15) is 0 Å². The summed E-state index contributed by atoms with van der Waals surface area (Å²) in [6.07, 6.45) is 7.00. The lowest BCUT2D eigenvalue weighted by molar-refractivity contribution is 0.610. The molecule has 0 bridgehead atoms. The van der Waals surface area contributed by atoms with Crippen LogP contribution in [0.3, 0.4) is 0 Å². The van der Waals surface area contributed by atoms with Crippen molar-refractivity contribution < 1.29 is 0 Å². The van der Waals surface area contributed by atoms with E-state index in [1.165, 1.54) is 0 Å². The van der Waals surface area contributed by atoms with Crippen LogP contribution in [0.2, 0.25) is 0 Å². The van der Waals surface area contributed by atoms with Crippen LogP contribution >= 0.6 is 11.6 Å². The number of hydrogen-bond acceptors (Lipinski definition) is 0. The predicted molar refractivity (Wildman–Crippen MR) is 48.4 cm³/mol. The summed E-state index contributed by atoms with van der Waals surface area (Å²) in [6.45, 7) is 7.78. The Labute approximate surface area is 68.6 Å². The highest BCUT2D eigenvalue weighted by molar-refractivity contribution is 6.21. The minimum atomic E-state index is 0.108. The lowest BCUT2D eigenvalue weighted by Crippen LogP contribution is -2.06. The molecule has 0 aliphatic carbocycles. The van der Waals surface area contributed by atoms with Gasteiger partial charge in [0.05, 0.1) is 5.38 Å². The molecule has 0 spiro atoms. The molecule has 0 nitrogen and oxygen atoms in total. The summed E-state index contributed by atoms with van der Waals surface area (Å²) < 4.78 is 0. The SMILES string of the molecule is C=CC(Cl)C(C)CC=CC. The van der Waals surface area contributed by atoms with Crippen LogP contribution in [0.25, 0.3) is 0 Å². The summed E-state index contributed by atoms with van der Waals surface area (Å²) in [5.41, 5.74) is 0. The third-order valence-electron chi connectivity index (χ3n) is 1.51. The van der Waals surface area contributed by atoms with Crippen LogP contribution in [-0.2, 0) is 0 Å². The van der Waals surface area contributed by atoms with Crippen molar-refractivity contribution in [1.29, 1.82) is 0 Å². The molecule has 0 N–H and O–H groups in total. The van der Waals surface area contributed by atoms with Crippen molar-refractivity contribution in [3.05, 3.63) is 24.8 Å². The van der Waals surface area contributed by atoms with E-state index < -0.39 is 0 Å². The second-order valence-corrected chi connectivity index (χ2v) is 2.97. The average molecular weight is 159 g/mol. The molecule has 0 aromatic rings. The van der Waals surface area contributed by atoms with E-state index in [-0.39, 0.29) is 5.38 Å². The van der Waals surface area contributed by atoms with E-state index in [0.29, 0.717) is 5.92 Å². The van der Waals surface area contributed by atoms with Gasteiger partial charge in [-0.15, -0.1) is 18.2 Å². The second kappa shape index (κ2) is 5.55. The van der Waals surface area contributed by atoms with Gasteiger partial charge in [0.15, 0.2) is 0 Å². The van der Waals surface area contributed by atoms with Gasteiger partial charge < -0.3 is 0 Å². The molecule has 58 valence electrons. The summed E-state index contributed by atoms with van der Waals surface area (Å²) in [5.74, 6) is 0.496. The Kier molecular flexibility index (Phi) is 5.42. The van der Waals surface area contributed by atoms with Gasteiger partial charge in [0.25, 0.3) is 0 Å². The summed E-state index contributed by atoms with van der Waals surface area (Å²) >= 11 is 5.90. The zero-order chi connectivity index (χ0) is 7.98. The normalized spacial score (nSPS) is 17.1. The smallest absolute Gasteiger partial charge is 0.0541 e. The second-order valence-electron chi connectivity index (χ2n) is 2.46. The van der Waals surface area contributed by atoms with E-state index in [1.807, 2.05) is 13.0 Å². The van der Waals surface area contributed by atoms with Gasteiger partial charge in [-0.3, -0.25) is 0 Å². The molecule has 0 saturated carbocycles. The minimum Gasteiger partial charge on any atom is -0.118 e. The van der Waals surface area contributed by atoms with Gasteiger partial charge >= 0.3 is 0 Å². The average Bonchev–Trinajstić information content (AvgIpc) is 1.98. The fourth-order valence-electron chi connectivity index (χ4n) is 0.713. The zero-order valence-electron chi connectivity index (χ0n) is 6.68. The van der Waals surface area contributed by atoms with Crippen LogP contribution in [0.4, 0.5) is 0 Å². The van der Waals surface area contributed by atoms with E-state index >= 15 is 0 Å². The predicted octanol–water partition coefficient (Wildman–Crippen LogP) is 3.38. The van der Waals surface area contributed by atoms with Gasteiger partial charge in [-0.25, -0.2) is 0 Å². The molecule has 0 aliphatic heterocycles. The molecule has 0 heterocycles. The molecule has 10 heavy (non-hydrogen) atoms. The molecule has 0 amide bonds. The first-order valence-corrected chi connectivity index (χ1v) is 4.03. The summed E-state index contributed by atoms with van der Waals surface area (Å²) in [4.78, 5) is 0. The molecule has 0 aromatic heterocycles. The fraction of sp³-hybridized carbons (Fsp3) is 0.556. The molecular weight excluding hydrogens is 144 g/mol. The number of hydrogen-bond donors (Lipinski definition) is 0. The molecule has 0 aliphatic rings. The quantitative estimate of drug-likeness (QED) is 0.435. The van der Waals surface area contributed by atoms with Crippen molar-refractivity contribution in [1.82, 2.24) is 0 Å². The topological polar surface area (TPSA) is 0 Å². The fourth-order valence-corrected chi connectivity index (χ4v) is 0.816. The summed E-state index contributed by atoms with van der Waals surface area (Å²) in [6, 6.07) is 0. The molecule has 0 saturated heterocycles. The maximum absolute atomic E-state index is 5.90. The van der Waals surface area contributed by atoms with Crippen LogP contribution < -0.4 is 0 Å². The van der Waals surface area contributed by atoms with Gasteiger partial charge in [0.2, 0.25) is 0 Å². The number of alkyl halides is 1. The summed E-state index contributed by atoms with van der Waals surface area (Å²) in [5, 5.41) is 0.108. The standard InChI is InChI=1S/C9H15Cl/c1-4-6-7-8(3)9(10)5-2/h4-6,8-9H,2,7H2,1,3H3. The molecule has 2 atom stereocenters. The highest BCUT2D eigenvalue weighted by Gasteiger charge is 2.07. The van der Waals surface area contributed by atoms with Crippen LogP contribution in [0.15, 0.2) is 24.8 Å². The van der Waals surface area contributed by atoms with Gasteiger partial charge in [-0.2, -0.15) is 0 Å². The van der Waals surface area contributed by atoms with Crippen molar-refractivity contribution in [2.75, 3.05) is 0 Å². The first-order chi connectivity index (χ1) is 4.72. The van der Waals surface area contributed by atoms with Crippen molar-refractivity contribution in [2.24, 2.45) is 5.92 Å². The maximum Gasteiger partial charge on any atom is 0.0541 e.